The molecule has 0 saturated heterocycles. The Morgan fingerprint density at radius 1 is 1.28 bits per heavy atom. The van der Waals surface area contributed by atoms with Crippen LogP contribution in [0.5, 0.6) is 0 Å². The molecule has 0 saturated carbocycles. The Kier molecular flexibility index (Phi) is 4.97. The maximum absolute atomic E-state index is 13.4. The molecular weight excluding hydrogens is 235 g/mol. The van der Waals surface area contributed by atoms with E-state index in [1.165, 1.54) is 18.2 Å². The van der Waals surface area contributed by atoms with Crippen molar-refractivity contribution >= 4 is 11.7 Å². The lowest BCUT2D eigenvalue weighted by molar-refractivity contribution is -0.119. The molecule has 18 heavy (non-hydrogen) atoms. The smallest absolute Gasteiger partial charge is 0.231 e. The van der Waals surface area contributed by atoms with Gasteiger partial charge in [-0.1, -0.05) is 12.1 Å². The Morgan fingerprint density at radius 3 is 2.39 bits per heavy atom. The van der Waals surface area contributed by atoms with Crippen LogP contribution in [0.2, 0.25) is 0 Å². The average Bonchev–Trinajstić information content (AvgIpc) is 2.27. The van der Waals surface area contributed by atoms with E-state index in [9.17, 15) is 14.0 Å². The molecule has 1 rings (SSSR count). The van der Waals surface area contributed by atoms with Crippen molar-refractivity contribution in [3.8, 4) is 0 Å². The minimum Gasteiger partial charge on any atom is -0.369 e. The number of halogens is 1. The highest BCUT2D eigenvalue weighted by molar-refractivity contribution is 5.98. The summed E-state index contributed by atoms with van der Waals surface area (Å²) in [7, 11) is 0. The largest absolute Gasteiger partial charge is 0.369 e. The second kappa shape index (κ2) is 6.26. The molecule has 1 amide bonds. The number of Topliss-reactive ketones (excluding diaryl/α,β-unsaturated/α-hetero) is 1. The third kappa shape index (κ3) is 3.92. The van der Waals surface area contributed by atoms with Crippen molar-refractivity contribution in [1.29, 1.82) is 0 Å². The monoisotopic (exact) mass is 252 g/mol. The fourth-order valence-corrected chi connectivity index (χ4v) is 1.58. The van der Waals surface area contributed by atoms with Crippen molar-refractivity contribution in [2.45, 2.75) is 19.9 Å². The van der Waals surface area contributed by atoms with Gasteiger partial charge in [-0.05, 0) is 26.0 Å². The highest BCUT2D eigenvalue weighted by atomic mass is 19.1. The number of rotatable bonds is 6. The predicted molar refractivity (Wildman–Crippen MR) is 66.6 cm³/mol. The Bertz CT molecular complexity index is 446. The standard InChI is InChI=1S/C13H17FN2O2/c1-9(2)16(8-13(15)18)7-12(17)10-5-3-4-6-11(10)14/h3-6,9H,7-8H2,1-2H3,(H2,15,18). The van der Waals surface area contributed by atoms with Crippen LogP contribution in [0.15, 0.2) is 24.3 Å². The van der Waals surface area contributed by atoms with Crippen LogP contribution in [0, 0.1) is 5.82 Å². The molecule has 0 spiro atoms. The highest BCUT2D eigenvalue weighted by Gasteiger charge is 2.18. The number of primary amides is 1. The molecule has 0 atom stereocenters. The van der Waals surface area contributed by atoms with Gasteiger partial charge < -0.3 is 5.73 Å². The Hall–Kier alpha value is -1.75. The molecule has 0 radical (unpaired) electrons. The molecule has 0 bridgehead atoms. The van der Waals surface area contributed by atoms with Gasteiger partial charge in [0.15, 0.2) is 5.78 Å². The molecule has 0 aliphatic heterocycles. The number of carbonyl (C=O) groups is 2. The van der Waals surface area contributed by atoms with Gasteiger partial charge in [0.1, 0.15) is 5.82 Å². The molecular formula is C13H17FN2O2. The summed E-state index contributed by atoms with van der Waals surface area (Å²) in [6.45, 7) is 3.65. The van der Waals surface area contributed by atoms with Crippen molar-refractivity contribution in [1.82, 2.24) is 4.90 Å². The predicted octanol–water partition coefficient (Wildman–Crippen LogP) is 1.20. The van der Waals surface area contributed by atoms with E-state index in [1.54, 1.807) is 11.0 Å². The number of nitrogens with zero attached hydrogens (tertiary/aromatic N) is 1. The molecule has 0 aromatic heterocycles. The molecule has 2 N–H and O–H groups in total. The fourth-order valence-electron chi connectivity index (χ4n) is 1.58. The zero-order valence-electron chi connectivity index (χ0n) is 10.5. The molecule has 0 aliphatic carbocycles. The number of benzene rings is 1. The van der Waals surface area contributed by atoms with Crippen LogP contribution in [0.1, 0.15) is 24.2 Å². The molecule has 5 heteroatoms. The van der Waals surface area contributed by atoms with E-state index in [-0.39, 0.29) is 30.5 Å². The first-order chi connectivity index (χ1) is 8.41. The van der Waals surface area contributed by atoms with Crippen LogP contribution in [-0.2, 0) is 4.79 Å². The first-order valence-corrected chi connectivity index (χ1v) is 5.72. The van der Waals surface area contributed by atoms with Gasteiger partial charge in [-0.3, -0.25) is 14.5 Å². The second-order valence-electron chi connectivity index (χ2n) is 4.37. The summed E-state index contributed by atoms with van der Waals surface area (Å²) < 4.78 is 13.4. The van der Waals surface area contributed by atoms with Crippen molar-refractivity contribution in [3.63, 3.8) is 0 Å². The third-order valence-electron chi connectivity index (χ3n) is 2.61. The SMILES string of the molecule is CC(C)N(CC(N)=O)CC(=O)c1ccccc1F. The van der Waals surface area contributed by atoms with Gasteiger partial charge in [0.05, 0.1) is 18.7 Å². The maximum atomic E-state index is 13.4. The van der Waals surface area contributed by atoms with Gasteiger partial charge in [0.2, 0.25) is 5.91 Å². The van der Waals surface area contributed by atoms with Crippen LogP contribution in [0.25, 0.3) is 0 Å². The van der Waals surface area contributed by atoms with Crippen molar-refractivity contribution in [2.75, 3.05) is 13.1 Å². The molecule has 0 fully saturated rings. The van der Waals surface area contributed by atoms with E-state index in [0.29, 0.717) is 0 Å². The lowest BCUT2D eigenvalue weighted by Crippen LogP contribution is -2.41. The number of carbonyl (C=O) groups excluding carboxylic acids is 2. The number of hydrogen-bond donors (Lipinski definition) is 1. The maximum Gasteiger partial charge on any atom is 0.231 e. The van der Waals surface area contributed by atoms with E-state index >= 15 is 0 Å². The highest BCUT2D eigenvalue weighted by Crippen LogP contribution is 2.09. The second-order valence-corrected chi connectivity index (χ2v) is 4.37. The van der Waals surface area contributed by atoms with Gasteiger partial charge in [-0.2, -0.15) is 0 Å². The molecule has 0 heterocycles. The van der Waals surface area contributed by atoms with Crippen LogP contribution in [0.3, 0.4) is 0 Å². The Balaban J connectivity index is 2.79. The normalized spacial score (nSPS) is 10.9. The van der Waals surface area contributed by atoms with Crippen molar-refractivity contribution in [3.05, 3.63) is 35.6 Å². The summed E-state index contributed by atoms with van der Waals surface area (Å²) >= 11 is 0. The third-order valence-corrected chi connectivity index (χ3v) is 2.61. The van der Waals surface area contributed by atoms with Gasteiger partial charge >= 0.3 is 0 Å². The zero-order chi connectivity index (χ0) is 13.7. The summed E-state index contributed by atoms with van der Waals surface area (Å²) in [5.74, 6) is -1.42. The van der Waals surface area contributed by atoms with Crippen LogP contribution >= 0.6 is 0 Å². The van der Waals surface area contributed by atoms with Crippen molar-refractivity contribution < 1.29 is 14.0 Å². The van der Waals surface area contributed by atoms with Crippen LogP contribution in [0.4, 0.5) is 4.39 Å². The van der Waals surface area contributed by atoms with Crippen LogP contribution < -0.4 is 5.73 Å². The lowest BCUT2D eigenvalue weighted by Gasteiger charge is -2.24. The fraction of sp³-hybridized carbons (Fsp3) is 0.385. The van der Waals surface area contributed by atoms with Crippen LogP contribution in [-0.4, -0.2) is 35.7 Å². The topological polar surface area (TPSA) is 63.4 Å². The Morgan fingerprint density at radius 2 is 1.89 bits per heavy atom. The number of amides is 1. The summed E-state index contributed by atoms with van der Waals surface area (Å²) in [5, 5.41) is 0. The quantitative estimate of drug-likeness (QED) is 0.774. The van der Waals surface area contributed by atoms with E-state index in [2.05, 4.69) is 0 Å². The summed E-state index contributed by atoms with van der Waals surface area (Å²) in [6, 6.07) is 5.77. The van der Waals surface area contributed by atoms with Crippen molar-refractivity contribution in [2.24, 2.45) is 5.73 Å². The minimum atomic E-state index is -0.551. The Labute approximate surface area is 106 Å². The zero-order valence-corrected chi connectivity index (χ0v) is 10.5. The first kappa shape index (κ1) is 14.3. The molecule has 4 nitrogen and oxygen atoms in total. The van der Waals surface area contributed by atoms with E-state index in [4.69, 9.17) is 5.73 Å². The van der Waals surface area contributed by atoms with Gasteiger partial charge in [-0.15, -0.1) is 0 Å². The summed E-state index contributed by atoms with van der Waals surface area (Å²) in [4.78, 5) is 24.4. The molecule has 0 aliphatic rings. The minimum absolute atomic E-state index is 0.0160. The van der Waals surface area contributed by atoms with E-state index < -0.39 is 11.7 Å². The number of nitrogens with two attached hydrogens (primary N) is 1. The molecule has 1 aromatic rings. The first-order valence-electron chi connectivity index (χ1n) is 5.72. The van der Waals surface area contributed by atoms with E-state index in [1.807, 2.05) is 13.8 Å². The molecule has 0 unspecified atom stereocenters. The molecule has 1 aromatic carbocycles. The average molecular weight is 252 g/mol. The van der Waals surface area contributed by atoms with E-state index in [0.717, 1.165) is 0 Å². The van der Waals surface area contributed by atoms with Gasteiger partial charge in [0, 0.05) is 6.04 Å². The van der Waals surface area contributed by atoms with Gasteiger partial charge in [0.25, 0.3) is 0 Å². The molecule has 98 valence electrons. The number of ketones is 1. The lowest BCUT2D eigenvalue weighted by atomic mass is 10.1. The number of hydrogen-bond acceptors (Lipinski definition) is 3. The summed E-state index contributed by atoms with van der Waals surface area (Å²) in [5.41, 5.74) is 5.14. The summed E-state index contributed by atoms with van der Waals surface area (Å²) in [6.07, 6.45) is 0. The van der Waals surface area contributed by atoms with Gasteiger partial charge in [-0.25, -0.2) is 4.39 Å².